The van der Waals surface area contributed by atoms with Gasteiger partial charge in [-0.1, -0.05) is 30.3 Å². The second-order valence-corrected chi connectivity index (χ2v) is 8.58. The molecule has 1 aromatic rings. The maximum atomic E-state index is 13.0. The van der Waals surface area contributed by atoms with Gasteiger partial charge in [0.05, 0.1) is 6.04 Å². The van der Waals surface area contributed by atoms with Gasteiger partial charge in [-0.2, -0.15) is 12.6 Å². The third-order valence-electron chi connectivity index (χ3n) is 5.30. The minimum absolute atomic E-state index is 0.0684. The smallest absolute Gasteiger partial charge is 0.326 e. The monoisotopic (exact) mass is 525 g/mol. The molecule has 0 bridgehead atoms. The van der Waals surface area contributed by atoms with Gasteiger partial charge in [-0.3, -0.25) is 19.2 Å². The van der Waals surface area contributed by atoms with Crippen molar-refractivity contribution in [3.8, 4) is 0 Å². The van der Waals surface area contributed by atoms with Gasteiger partial charge in [0.25, 0.3) is 0 Å². The highest BCUT2D eigenvalue weighted by atomic mass is 32.1. The number of unbranched alkanes of at least 4 members (excludes halogenated alkanes) is 1. The van der Waals surface area contributed by atoms with Crippen molar-refractivity contribution in [2.45, 2.75) is 62.7 Å². The molecule has 9 N–H and O–H groups in total. The van der Waals surface area contributed by atoms with Crippen LogP contribution in [0.3, 0.4) is 0 Å². The van der Waals surface area contributed by atoms with E-state index in [2.05, 4.69) is 28.6 Å². The molecule has 0 saturated heterocycles. The zero-order valence-electron chi connectivity index (χ0n) is 19.9. The number of carboxylic acid groups (broad SMARTS) is 2. The van der Waals surface area contributed by atoms with E-state index >= 15 is 0 Å². The molecule has 0 aliphatic carbocycles. The number of carbonyl (C=O) groups excluding carboxylic acids is 3. The van der Waals surface area contributed by atoms with Gasteiger partial charge in [-0.25, -0.2) is 4.79 Å². The molecule has 4 atom stereocenters. The van der Waals surface area contributed by atoms with E-state index in [4.69, 9.17) is 16.6 Å². The molecule has 0 saturated carbocycles. The Labute approximate surface area is 215 Å². The maximum absolute atomic E-state index is 13.0. The largest absolute Gasteiger partial charge is 0.481 e. The van der Waals surface area contributed by atoms with Crippen LogP contribution in [0.15, 0.2) is 30.3 Å². The van der Waals surface area contributed by atoms with Gasteiger partial charge in [0.15, 0.2) is 0 Å². The summed E-state index contributed by atoms with van der Waals surface area (Å²) < 4.78 is 0. The van der Waals surface area contributed by atoms with Gasteiger partial charge in [0.1, 0.15) is 18.1 Å². The molecular weight excluding hydrogens is 490 g/mol. The summed E-state index contributed by atoms with van der Waals surface area (Å²) in [4.78, 5) is 60.6. The molecule has 12 nitrogen and oxygen atoms in total. The third kappa shape index (κ3) is 11.5. The topological polar surface area (TPSA) is 214 Å². The van der Waals surface area contributed by atoms with Gasteiger partial charge in [-0.05, 0) is 37.8 Å². The van der Waals surface area contributed by atoms with Crippen molar-refractivity contribution >= 4 is 42.3 Å². The zero-order valence-corrected chi connectivity index (χ0v) is 20.8. The quantitative estimate of drug-likeness (QED) is 0.0925. The van der Waals surface area contributed by atoms with Crippen LogP contribution in [0.4, 0.5) is 0 Å². The standard InChI is InChI=1S/C23H35N5O7S/c24-11-5-4-8-16(23(34)35)26-21(32)17(12-14-6-2-1-3-7-14)27-22(33)18(13-36)28-20(31)15(25)9-10-19(29)30/h1-3,6-7,15-18,36H,4-5,8-13,24-25H2,(H,26,32)(H,27,33)(H,28,31)(H,29,30)(H,34,35). The maximum Gasteiger partial charge on any atom is 0.326 e. The molecular formula is C23H35N5O7S. The van der Waals surface area contributed by atoms with E-state index in [-0.39, 0.29) is 31.4 Å². The minimum atomic E-state index is -1.21. The van der Waals surface area contributed by atoms with E-state index in [9.17, 15) is 29.1 Å². The Morgan fingerprint density at radius 3 is 1.97 bits per heavy atom. The zero-order chi connectivity index (χ0) is 27.1. The third-order valence-corrected chi connectivity index (χ3v) is 5.66. The molecule has 0 aromatic heterocycles. The van der Waals surface area contributed by atoms with Crippen LogP contribution in [0.5, 0.6) is 0 Å². The first-order chi connectivity index (χ1) is 17.1. The Bertz CT molecular complexity index is 887. The number of benzene rings is 1. The van der Waals surface area contributed by atoms with Crippen LogP contribution in [0.2, 0.25) is 0 Å². The van der Waals surface area contributed by atoms with E-state index in [1.165, 1.54) is 0 Å². The summed E-state index contributed by atoms with van der Waals surface area (Å²) in [5.74, 6) is -4.61. The average molecular weight is 526 g/mol. The summed E-state index contributed by atoms with van der Waals surface area (Å²) in [7, 11) is 0. The van der Waals surface area contributed by atoms with Crippen molar-refractivity contribution < 1.29 is 34.2 Å². The van der Waals surface area contributed by atoms with Crippen molar-refractivity contribution in [3.63, 3.8) is 0 Å². The summed E-state index contributed by atoms with van der Waals surface area (Å²) in [6, 6.07) is 4.19. The molecule has 1 aromatic carbocycles. The fourth-order valence-corrected chi connectivity index (χ4v) is 3.49. The second-order valence-electron chi connectivity index (χ2n) is 8.22. The summed E-state index contributed by atoms with van der Waals surface area (Å²) >= 11 is 4.09. The fourth-order valence-electron chi connectivity index (χ4n) is 3.24. The molecule has 0 aliphatic rings. The number of thiol groups is 1. The molecule has 0 radical (unpaired) electrons. The molecule has 36 heavy (non-hydrogen) atoms. The lowest BCUT2D eigenvalue weighted by Crippen LogP contribution is -2.58. The van der Waals surface area contributed by atoms with Crippen LogP contribution in [0.1, 0.15) is 37.7 Å². The number of carboxylic acids is 2. The van der Waals surface area contributed by atoms with Crippen LogP contribution in [-0.4, -0.2) is 76.3 Å². The van der Waals surface area contributed by atoms with Crippen LogP contribution in [0, 0.1) is 0 Å². The number of amides is 3. The predicted molar refractivity (Wildman–Crippen MR) is 135 cm³/mol. The minimum Gasteiger partial charge on any atom is -0.481 e. The molecule has 200 valence electrons. The van der Waals surface area contributed by atoms with Crippen molar-refractivity contribution in [2.75, 3.05) is 12.3 Å². The van der Waals surface area contributed by atoms with Crippen molar-refractivity contribution in [1.82, 2.24) is 16.0 Å². The average Bonchev–Trinajstić information content (AvgIpc) is 2.84. The van der Waals surface area contributed by atoms with E-state index in [0.29, 0.717) is 19.4 Å². The highest BCUT2D eigenvalue weighted by molar-refractivity contribution is 7.80. The molecule has 1 rings (SSSR count). The van der Waals surface area contributed by atoms with Gasteiger partial charge in [0, 0.05) is 18.6 Å². The lowest BCUT2D eigenvalue weighted by atomic mass is 10.0. The number of aliphatic carboxylic acids is 2. The summed E-state index contributed by atoms with van der Waals surface area (Å²) in [6.45, 7) is 0.393. The number of nitrogens with one attached hydrogen (secondary N) is 3. The highest BCUT2D eigenvalue weighted by Crippen LogP contribution is 2.07. The number of carbonyl (C=O) groups is 5. The Balaban J connectivity index is 2.95. The van der Waals surface area contributed by atoms with Crippen LogP contribution < -0.4 is 27.4 Å². The summed E-state index contributed by atoms with van der Waals surface area (Å²) in [6.07, 6.45) is 0.900. The van der Waals surface area contributed by atoms with Gasteiger partial charge in [0.2, 0.25) is 17.7 Å². The lowest BCUT2D eigenvalue weighted by molar-refractivity contribution is -0.142. The van der Waals surface area contributed by atoms with Gasteiger partial charge < -0.3 is 37.6 Å². The number of hydrogen-bond donors (Lipinski definition) is 8. The van der Waals surface area contributed by atoms with Crippen molar-refractivity contribution in [1.29, 1.82) is 0 Å². The molecule has 0 spiro atoms. The number of nitrogens with two attached hydrogens (primary N) is 2. The van der Waals surface area contributed by atoms with Crippen LogP contribution in [-0.2, 0) is 30.4 Å². The highest BCUT2D eigenvalue weighted by Gasteiger charge is 2.30. The second kappa shape index (κ2) is 16.5. The first-order valence-electron chi connectivity index (χ1n) is 11.5. The molecule has 0 heterocycles. The first-order valence-corrected chi connectivity index (χ1v) is 12.2. The Morgan fingerprint density at radius 1 is 0.833 bits per heavy atom. The number of rotatable bonds is 17. The lowest BCUT2D eigenvalue weighted by Gasteiger charge is -2.24. The van der Waals surface area contributed by atoms with Crippen molar-refractivity contribution in [3.05, 3.63) is 35.9 Å². The first kappa shape index (κ1) is 30.9. The van der Waals surface area contributed by atoms with Crippen LogP contribution in [0.25, 0.3) is 0 Å². The van der Waals surface area contributed by atoms with E-state index in [1.807, 2.05) is 0 Å². The Morgan fingerprint density at radius 2 is 1.42 bits per heavy atom. The normalized spacial score (nSPS) is 14.1. The summed E-state index contributed by atoms with van der Waals surface area (Å²) in [5.41, 5.74) is 11.9. The van der Waals surface area contributed by atoms with Gasteiger partial charge in [-0.15, -0.1) is 0 Å². The summed E-state index contributed by atoms with van der Waals surface area (Å²) in [5, 5.41) is 25.7. The number of hydrogen-bond acceptors (Lipinski definition) is 8. The predicted octanol–water partition coefficient (Wildman–Crippen LogP) is -0.981. The molecule has 4 unspecified atom stereocenters. The molecule has 3 amide bonds. The molecule has 0 aliphatic heterocycles. The Hall–Kier alpha value is -3.16. The van der Waals surface area contributed by atoms with E-state index in [0.717, 1.165) is 5.56 Å². The SMILES string of the molecule is NCCCCC(NC(=O)C(Cc1ccccc1)NC(=O)C(CS)NC(=O)C(N)CCC(=O)O)C(=O)O. The molecule has 13 heteroatoms. The molecule has 0 fully saturated rings. The van der Waals surface area contributed by atoms with Gasteiger partial charge >= 0.3 is 11.9 Å². The van der Waals surface area contributed by atoms with E-state index < -0.39 is 53.8 Å². The van der Waals surface area contributed by atoms with Crippen LogP contribution >= 0.6 is 12.6 Å². The Kier molecular flexibility index (Phi) is 14.1. The fraction of sp³-hybridized carbons (Fsp3) is 0.522. The van der Waals surface area contributed by atoms with Crippen molar-refractivity contribution in [2.24, 2.45) is 11.5 Å². The van der Waals surface area contributed by atoms with E-state index in [1.54, 1.807) is 30.3 Å².